The first-order chi connectivity index (χ1) is 7.20. The van der Waals surface area contributed by atoms with Crippen LogP contribution in [-0.4, -0.2) is 31.2 Å². The highest BCUT2D eigenvalue weighted by molar-refractivity contribution is 9.10. The molecule has 0 saturated carbocycles. The lowest BCUT2D eigenvalue weighted by molar-refractivity contribution is 0.767. The Morgan fingerprint density at radius 3 is 2.47 bits per heavy atom. The van der Waals surface area contributed by atoms with Crippen LogP contribution in [0.25, 0.3) is 0 Å². The van der Waals surface area contributed by atoms with Gasteiger partial charge in [0, 0.05) is 32.4 Å². The molecule has 5 heteroatoms. The number of aryl methyl sites for hydroxylation is 1. The molecule has 0 bridgehead atoms. The molecule has 4 nitrogen and oxygen atoms in total. The molecule has 0 aliphatic rings. The fourth-order valence-electron chi connectivity index (χ4n) is 1.38. The molecule has 0 aliphatic heterocycles. The zero-order chi connectivity index (χ0) is 11.3. The van der Waals surface area contributed by atoms with E-state index < -0.39 is 0 Å². The van der Waals surface area contributed by atoms with E-state index in [0.717, 1.165) is 23.4 Å². The maximum atomic E-state index is 5.56. The summed E-state index contributed by atoms with van der Waals surface area (Å²) < 4.78 is 1.02. The highest BCUT2D eigenvalue weighted by Crippen LogP contribution is 2.26. The van der Waals surface area contributed by atoms with Crippen molar-refractivity contribution in [3.8, 4) is 0 Å². The molecule has 0 unspecified atom stereocenters. The number of rotatable bonds is 5. The van der Waals surface area contributed by atoms with Gasteiger partial charge in [-0.3, -0.25) is 0 Å². The van der Waals surface area contributed by atoms with Gasteiger partial charge in [-0.15, -0.1) is 0 Å². The van der Waals surface area contributed by atoms with Crippen LogP contribution in [0, 0.1) is 6.92 Å². The van der Waals surface area contributed by atoms with Crippen molar-refractivity contribution in [2.45, 2.75) is 6.92 Å². The molecular weight excluding hydrogens is 256 g/mol. The zero-order valence-electron chi connectivity index (χ0n) is 8.91. The first kappa shape index (κ1) is 12.4. The quantitative estimate of drug-likeness (QED) is 0.835. The van der Waals surface area contributed by atoms with Crippen LogP contribution in [0.2, 0.25) is 0 Å². The topological polar surface area (TPSA) is 68.2 Å². The minimum absolute atomic E-state index is 0.599. The zero-order valence-corrected chi connectivity index (χ0v) is 10.5. The lowest BCUT2D eigenvalue weighted by Crippen LogP contribution is -2.34. The van der Waals surface area contributed by atoms with Crippen molar-refractivity contribution in [2.75, 3.05) is 31.1 Å². The van der Waals surface area contributed by atoms with Gasteiger partial charge >= 0.3 is 0 Å². The molecular formula is C10H17BrN4. The molecule has 1 aromatic rings. The second kappa shape index (κ2) is 6.05. The van der Waals surface area contributed by atoms with Crippen LogP contribution < -0.4 is 16.4 Å². The molecule has 1 aromatic heterocycles. The van der Waals surface area contributed by atoms with Gasteiger partial charge in [-0.05, 0) is 34.5 Å². The molecule has 0 spiro atoms. The SMILES string of the molecule is Cc1ccnc(N(CCN)CCN)c1Br. The summed E-state index contributed by atoms with van der Waals surface area (Å²) in [5, 5.41) is 0. The van der Waals surface area contributed by atoms with Gasteiger partial charge in [0.05, 0.1) is 4.47 Å². The van der Waals surface area contributed by atoms with Gasteiger partial charge < -0.3 is 16.4 Å². The van der Waals surface area contributed by atoms with Crippen molar-refractivity contribution < 1.29 is 0 Å². The van der Waals surface area contributed by atoms with E-state index in [1.165, 1.54) is 5.56 Å². The Morgan fingerprint density at radius 1 is 1.33 bits per heavy atom. The van der Waals surface area contributed by atoms with E-state index in [0.29, 0.717) is 13.1 Å². The Morgan fingerprint density at radius 2 is 1.93 bits per heavy atom. The predicted molar refractivity (Wildman–Crippen MR) is 67.0 cm³/mol. The van der Waals surface area contributed by atoms with Gasteiger partial charge in [0.2, 0.25) is 0 Å². The van der Waals surface area contributed by atoms with Crippen LogP contribution in [0.1, 0.15) is 5.56 Å². The van der Waals surface area contributed by atoms with E-state index in [4.69, 9.17) is 11.5 Å². The fourth-order valence-corrected chi connectivity index (χ4v) is 1.87. The molecule has 1 heterocycles. The van der Waals surface area contributed by atoms with Crippen molar-refractivity contribution in [2.24, 2.45) is 11.5 Å². The van der Waals surface area contributed by atoms with E-state index in [1.807, 2.05) is 13.0 Å². The Balaban J connectivity index is 2.94. The fraction of sp³-hybridized carbons (Fsp3) is 0.500. The highest BCUT2D eigenvalue weighted by Gasteiger charge is 2.11. The molecule has 0 fully saturated rings. The Bertz CT molecular complexity index is 310. The van der Waals surface area contributed by atoms with Crippen LogP contribution in [0.3, 0.4) is 0 Å². The summed E-state index contributed by atoms with van der Waals surface area (Å²) in [7, 11) is 0. The van der Waals surface area contributed by atoms with Crippen LogP contribution >= 0.6 is 15.9 Å². The lowest BCUT2D eigenvalue weighted by atomic mass is 10.3. The van der Waals surface area contributed by atoms with E-state index in [9.17, 15) is 0 Å². The number of nitrogens with zero attached hydrogens (tertiary/aromatic N) is 2. The summed E-state index contributed by atoms with van der Waals surface area (Å²) in [5.41, 5.74) is 12.3. The molecule has 0 atom stereocenters. The number of nitrogens with two attached hydrogens (primary N) is 2. The van der Waals surface area contributed by atoms with E-state index in [1.54, 1.807) is 6.20 Å². The van der Waals surface area contributed by atoms with Crippen LogP contribution in [-0.2, 0) is 0 Å². The van der Waals surface area contributed by atoms with Crippen molar-refractivity contribution in [1.82, 2.24) is 4.98 Å². The van der Waals surface area contributed by atoms with Crippen molar-refractivity contribution in [3.63, 3.8) is 0 Å². The number of pyridine rings is 1. The van der Waals surface area contributed by atoms with Crippen molar-refractivity contribution >= 4 is 21.7 Å². The first-order valence-corrected chi connectivity index (χ1v) is 5.76. The monoisotopic (exact) mass is 272 g/mol. The second-order valence-electron chi connectivity index (χ2n) is 3.33. The van der Waals surface area contributed by atoms with Gasteiger partial charge in [0.25, 0.3) is 0 Å². The normalized spacial score (nSPS) is 10.4. The van der Waals surface area contributed by atoms with Gasteiger partial charge in [-0.1, -0.05) is 0 Å². The molecule has 0 aliphatic carbocycles. The van der Waals surface area contributed by atoms with Crippen LogP contribution in [0.15, 0.2) is 16.7 Å². The standard InChI is InChI=1S/C10H17BrN4/c1-8-2-5-14-10(9(8)11)15(6-3-12)7-4-13/h2,5H,3-4,6-7,12-13H2,1H3. The summed E-state index contributed by atoms with van der Waals surface area (Å²) in [6, 6.07) is 1.97. The first-order valence-electron chi connectivity index (χ1n) is 4.97. The Labute approximate surface area is 98.8 Å². The molecule has 1 rings (SSSR count). The summed E-state index contributed by atoms with van der Waals surface area (Å²) >= 11 is 3.53. The van der Waals surface area contributed by atoms with Crippen molar-refractivity contribution in [3.05, 3.63) is 22.3 Å². The third kappa shape index (κ3) is 3.15. The van der Waals surface area contributed by atoms with Gasteiger partial charge in [0.15, 0.2) is 0 Å². The van der Waals surface area contributed by atoms with Gasteiger partial charge in [-0.2, -0.15) is 0 Å². The summed E-state index contributed by atoms with van der Waals surface area (Å²) in [5.74, 6) is 0.922. The van der Waals surface area contributed by atoms with Gasteiger partial charge in [-0.25, -0.2) is 4.98 Å². The maximum Gasteiger partial charge on any atom is 0.143 e. The number of aromatic nitrogens is 1. The average molecular weight is 273 g/mol. The predicted octanol–water partition coefficient (Wildman–Crippen LogP) is 0.876. The molecule has 0 radical (unpaired) electrons. The summed E-state index contributed by atoms with van der Waals surface area (Å²) in [4.78, 5) is 6.44. The minimum Gasteiger partial charge on any atom is -0.353 e. The second-order valence-corrected chi connectivity index (χ2v) is 4.12. The molecule has 0 aromatic carbocycles. The Kier molecular flexibility index (Phi) is 5.01. The van der Waals surface area contributed by atoms with Gasteiger partial charge in [0.1, 0.15) is 5.82 Å². The summed E-state index contributed by atoms with van der Waals surface area (Å²) in [6.45, 7) is 4.78. The molecule has 84 valence electrons. The van der Waals surface area contributed by atoms with E-state index in [-0.39, 0.29) is 0 Å². The number of hydrogen-bond donors (Lipinski definition) is 2. The number of hydrogen-bond acceptors (Lipinski definition) is 4. The number of anilines is 1. The lowest BCUT2D eigenvalue weighted by Gasteiger charge is -2.23. The smallest absolute Gasteiger partial charge is 0.143 e. The third-order valence-electron chi connectivity index (χ3n) is 2.16. The average Bonchev–Trinajstić information content (AvgIpc) is 2.22. The van der Waals surface area contributed by atoms with Crippen molar-refractivity contribution in [1.29, 1.82) is 0 Å². The molecule has 15 heavy (non-hydrogen) atoms. The Hall–Kier alpha value is -0.650. The number of halogens is 1. The van der Waals surface area contributed by atoms with Crippen LogP contribution in [0.4, 0.5) is 5.82 Å². The molecule has 0 saturated heterocycles. The third-order valence-corrected chi connectivity index (χ3v) is 3.14. The van der Waals surface area contributed by atoms with Crippen LogP contribution in [0.5, 0.6) is 0 Å². The summed E-state index contributed by atoms with van der Waals surface area (Å²) in [6.07, 6.45) is 1.80. The maximum absolute atomic E-state index is 5.56. The molecule has 0 amide bonds. The highest BCUT2D eigenvalue weighted by atomic mass is 79.9. The minimum atomic E-state index is 0.599. The molecule has 4 N–H and O–H groups in total. The van der Waals surface area contributed by atoms with E-state index in [2.05, 4.69) is 25.8 Å². The largest absolute Gasteiger partial charge is 0.353 e. The van der Waals surface area contributed by atoms with E-state index >= 15 is 0 Å².